The fourth-order valence-electron chi connectivity index (χ4n) is 5.65. The van der Waals surface area contributed by atoms with Crippen molar-refractivity contribution in [2.24, 2.45) is 5.16 Å². The highest BCUT2D eigenvalue weighted by atomic mass is 16.6. The maximum atomic E-state index is 6.03. The van der Waals surface area contributed by atoms with Crippen LogP contribution in [0.5, 0.6) is 0 Å². The maximum Gasteiger partial charge on any atom is 0.127 e. The van der Waals surface area contributed by atoms with Gasteiger partial charge in [-0.25, -0.2) is 0 Å². The third-order valence-electron chi connectivity index (χ3n) is 8.68. The van der Waals surface area contributed by atoms with Crippen LogP contribution in [0.1, 0.15) is 194 Å². The molecule has 0 spiro atoms. The predicted molar refractivity (Wildman–Crippen MR) is 209 cm³/mol. The van der Waals surface area contributed by atoms with Crippen molar-refractivity contribution in [3.63, 3.8) is 0 Å². The number of hydrogen-bond acceptors (Lipinski definition) is 3. The van der Waals surface area contributed by atoms with Crippen LogP contribution in [0.4, 0.5) is 0 Å². The second-order valence-electron chi connectivity index (χ2n) is 13.7. The number of hydrogen-bond donors (Lipinski definition) is 0. The Morgan fingerprint density at radius 1 is 0.457 bits per heavy atom. The molecule has 0 N–H and O–H groups in total. The van der Waals surface area contributed by atoms with Crippen molar-refractivity contribution in [2.75, 3.05) is 20.6 Å². The predicted octanol–water partition coefficient (Wildman–Crippen LogP) is 14.1. The highest BCUT2D eigenvalue weighted by Crippen LogP contribution is 2.18. The van der Waals surface area contributed by atoms with Crippen LogP contribution in [0.15, 0.2) is 53.8 Å². The zero-order valence-electron chi connectivity index (χ0n) is 31.6. The van der Waals surface area contributed by atoms with Crippen LogP contribution in [0.2, 0.25) is 0 Å². The molecule has 0 aromatic rings. The highest BCUT2D eigenvalue weighted by molar-refractivity contribution is 5.56. The Hall–Kier alpha value is -1.61. The van der Waals surface area contributed by atoms with Crippen molar-refractivity contribution in [3.05, 3.63) is 48.6 Å². The van der Waals surface area contributed by atoms with Gasteiger partial charge in [-0.05, 0) is 123 Å². The SMILES string of the molecule is CCCCC/C=C\C/C=C\CCCCCCCCCC(CCCCCCC/C=C\C/C=C\CCCCC)ON=CCCCN(C)C. The van der Waals surface area contributed by atoms with E-state index in [4.69, 9.17) is 4.84 Å². The summed E-state index contributed by atoms with van der Waals surface area (Å²) in [6.07, 6.45) is 56.8. The van der Waals surface area contributed by atoms with E-state index in [1.165, 1.54) is 141 Å². The first-order valence-electron chi connectivity index (χ1n) is 20.1. The summed E-state index contributed by atoms with van der Waals surface area (Å²) in [5, 5.41) is 4.39. The summed E-state index contributed by atoms with van der Waals surface area (Å²) in [7, 11) is 4.26. The molecule has 0 heterocycles. The Morgan fingerprint density at radius 2 is 0.848 bits per heavy atom. The second kappa shape index (κ2) is 39.6. The van der Waals surface area contributed by atoms with Gasteiger partial charge in [0.2, 0.25) is 0 Å². The normalized spacial score (nSPS) is 13.2. The Balaban J connectivity index is 3.97. The fraction of sp³-hybridized carbons (Fsp3) is 0.791. The number of rotatable bonds is 36. The molecule has 0 amide bonds. The van der Waals surface area contributed by atoms with Gasteiger partial charge in [-0.3, -0.25) is 0 Å². The molecule has 0 aromatic carbocycles. The third kappa shape index (κ3) is 38.6. The average molecular weight is 641 g/mol. The minimum Gasteiger partial charge on any atom is -0.393 e. The van der Waals surface area contributed by atoms with E-state index in [1.807, 2.05) is 6.21 Å². The summed E-state index contributed by atoms with van der Waals surface area (Å²) in [6.45, 7) is 5.64. The smallest absolute Gasteiger partial charge is 0.127 e. The summed E-state index contributed by atoms with van der Waals surface area (Å²) < 4.78 is 0. The van der Waals surface area contributed by atoms with E-state index in [2.05, 4.69) is 86.6 Å². The standard InChI is InChI=1S/C43H80N2O/c1-5-7-9-11-13-15-17-19-21-22-24-26-28-30-32-34-36-40-43(46-44-41-37-38-42-45(3)4)39-35-33-31-29-27-25-23-20-18-16-14-12-10-8-6-2/h13-16,19-21,23,41,43H,5-12,17-18,22,24-40,42H2,1-4H3/b15-13-,16-14-,21-19-,23-20-,44-41?. The van der Waals surface area contributed by atoms with Crippen molar-refractivity contribution in [1.82, 2.24) is 4.90 Å². The van der Waals surface area contributed by atoms with E-state index in [0.29, 0.717) is 6.10 Å². The topological polar surface area (TPSA) is 24.8 Å². The summed E-state index contributed by atoms with van der Waals surface area (Å²) in [6, 6.07) is 0. The molecule has 0 aliphatic rings. The molecule has 0 aliphatic heterocycles. The quantitative estimate of drug-likeness (QED) is 0.0294. The first-order valence-corrected chi connectivity index (χ1v) is 20.1. The molecule has 0 radical (unpaired) electrons. The van der Waals surface area contributed by atoms with Crippen molar-refractivity contribution >= 4 is 6.21 Å². The molecule has 268 valence electrons. The maximum absolute atomic E-state index is 6.03. The van der Waals surface area contributed by atoms with Crippen LogP contribution < -0.4 is 0 Å². The van der Waals surface area contributed by atoms with Crippen molar-refractivity contribution in [1.29, 1.82) is 0 Å². The molecule has 0 saturated heterocycles. The third-order valence-corrected chi connectivity index (χ3v) is 8.68. The molecule has 0 aromatic heterocycles. The molecule has 1 atom stereocenters. The van der Waals surface area contributed by atoms with Gasteiger partial charge >= 0.3 is 0 Å². The molecule has 0 saturated carbocycles. The fourth-order valence-corrected chi connectivity index (χ4v) is 5.65. The molecule has 0 rings (SSSR count). The van der Waals surface area contributed by atoms with Gasteiger partial charge in [0.25, 0.3) is 0 Å². The van der Waals surface area contributed by atoms with Gasteiger partial charge in [0.05, 0.1) is 0 Å². The average Bonchev–Trinajstić information content (AvgIpc) is 3.05. The van der Waals surface area contributed by atoms with Crippen LogP contribution in [-0.4, -0.2) is 37.9 Å². The van der Waals surface area contributed by atoms with E-state index in [9.17, 15) is 0 Å². The largest absolute Gasteiger partial charge is 0.393 e. The van der Waals surface area contributed by atoms with Crippen molar-refractivity contribution < 1.29 is 4.84 Å². The number of oxime groups is 1. The second-order valence-corrected chi connectivity index (χ2v) is 13.7. The summed E-state index contributed by atoms with van der Waals surface area (Å²) >= 11 is 0. The molecular weight excluding hydrogens is 560 g/mol. The van der Waals surface area contributed by atoms with E-state index < -0.39 is 0 Å². The van der Waals surface area contributed by atoms with Gasteiger partial charge < -0.3 is 9.74 Å². The monoisotopic (exact) mass is 641 g/mol. The number of unbranched alkanes of at least 4 members (excludes halogenated alkanes) is 19. The van der Waals surface area contributed by atoms with E-state index in [0.717, 1.165) is 45.1 Å². The summed E-state index contributed by atoms with van der Waals surface area (Å²) in [5.74, 6) is 0. The lowest BCUT2D eigenvalue weighted by Crippen LogP contribution is -2.13. The molecule has 3 nitrogen and oxygen atoms in total. The van der Waals surface area contributed by atoms with Gasteiger partial charge in [-0.1, -0.05) is 145 Å². The molecule has 3 heteroatoms. The van der Waals surface area contributed by atoms with Gasteiger partial charge in [-0.15, -0.1) is 0 Å². The number of nitrogens with zero attached hydrogens (tertiary/aromatic N) is 2. The Bertz CT molecular complexity index is 720. The van der Waals surface area contributed by atoms with Crippen molar-refractivity contribution in [2.45, 2.75) is 200 Å². The molecule has 1 unspecified atom stereocenters. The van der Waals surface area contributed by atoms with Gasteiger partial charge in [0.15, 0.2) is 0 Å². The summed E-state index contributed by atoms with van der Waals surface area (Å²) in [5.41, 5.74) is 0. The van der Waals surface area contributed by atoms with Crippen LogP contribution in [0.3, 0.4) is 0 Å². The molecule has 0 aliphatic carbocycles. The zero-order chi connectivity index (χ0) is 33.4. The Kier molecular flexibility index (Phi) is 38.2. The molecule has 0 bridgehead atoms. The Morgan fingerprint density at radius 3 is 1.26 bits per heavy atom. The minimum atomic E-state index is 0.293. The van der Waals surface area contributed by atoms with E-state index >= 15 is 0 Å². The molecule has 0 fully saturated rings. The van der Waals surface area contributed by atoms with Gasteiger partial charge in [0.1, 0.15) is 6.10 Å². The molecule has 46 heavy (non-hydrogen) atoms. The van der Waals surface area contributed by atoms with E-state index in [1.54, 1.807) is 0 Å². The first kappa shape index (κ1) is 44.4. The van der Waals surface area contributed by atoms with Gasteiger partial charge in [0, 0.05) is 6.21 Å². The Labute approximate surface area is 289 Å². The number of allylic oxidation sites excluding steroid dienone is 8. The van der Waals surface area contributed by atoms with Crippen molar-refractivity contribution in [3.8, 4) is 0 Å². The first-order chi connectivity index (χ1) is 22.7. The lowest BCUT2D eigenvalue weighted by molar-refractivity contribution is 0.0437. The lowest BCUT2D eigenvalue weighted by atomic mass is 10.0. The highest BCUT2D eigenvalue weighted by Gasteiger charge is 2.09. The van der Waals surface area contributed by atoms with E-state index in [-0.39, 0.29) is 0 Å². The van der Waals surface area contributed by atoms with Crippen LogP contribution in [-0.2, 0) is 4.84 Å². The zero-order valence-corrected chi connectivity index (χ0v) is 31.6. The minimum absolute atomic E-state index is 0.293. The summed E-state index contributed by atoms with van der Waals surface area (Å²) in [4.78, 5) is 8.26. The lowest BCUT2D eigenvalue weighted by Gasteiger charge is -2.15. The molecular formula is C43H80N2O. The van der Waals surface area contributed by atoms with Crippen LogP contribution >= 0.6 is 0 Å². The van der Waals surface area contributed by atoms with Crippen LogP contribution in [0.25, 0.3) is 0 Å². The van der Waals surface area contributed by atoms with Crippen LogP contribution in [0, 0.1) is 0 Å². The van der Waals surface area contributed by atoms with Gasteiger partial charge in [-0.2, -0.15) is 0 Å².